The van der Waals surface area contributed by atoms with Crippen LogP contribution in [-0.4, -0.2) is 30.9 Å². The average Bonchev–Trinajstić information content (AvgIpc) is 2.64. The molecular weight excluding hydrogens is 365 g/mol. The topological polar surface area (TPSA) is 81.7 Å². The lowest BCUT2D eigenvalue weighted by atomic mass is 9.95. The average molecular weight is 387 g/mol. The minimum atomic E-state index is -0.744. The fraction of sp³-hybridized carbons (Fsp3) is 0.286. The highest BCUT2D eigenvalue weighted by atomic mass is 19.1. The summed E-state index contributed by atoms with van der Waals surface area (Å²) in [5, 5.41) is 2.76. The van der Waals surface area contributed by atoms with Crippen LogP contribution in [0.25, 0.3) is 0 Å². The lowest BCUT2D eigenvalue weighted by molar-refractivity contribution is -0.144. The van der Waals surface area contributed by atoms with E-state index < -0.39 is 36.2 Å². The number of esters is 1. The molecule has 2 rings (SSSR count). The van der Waals surface area contributed by atoms with Crippen molar-refractivity contribution in [3.8, 4) is 5.75 Å². The largest absolute Gasteiger partial charge is 0.482 e. The Bertz CT molecular complexity index is 856. The molecule has 0 heterocycles. The Morgan fingerprint density at radius 2 is 1.68 bits per heavy atom. The highest BCUT2D eigenvalue weighted by Crippen LogP contribution is 2.18. The second-order valence-corrected chi connectivity index (χ2v) is 7.11. The van der Waals surface area contributed by atoms with Gasteiger partial charge < -0.3 is 14.8 Å². The summed E-state index contributed by atoms with van der Waals surface area (Å²) in [4.78, 5) is 35.7. The zero-order valence-corrected chi connectivity index (χ0v) is 16.0. The van der Waals surface area contributed by atoms with E-state index in [9.17, 15) is 18.8 Å². The SMILES string of the molecule is CC(C)(C)C(=O)Nc1ccc(C(=O)COC(=O)COc2cccc(F)c2)cc1. The first kappa shape index (κ1) is 21.1. The first-order valence-electron chi connectivity index (χ1n) is 8.64. The van der Waals surface area contributed by atoms with Crippen molar-refractivity contribution in [3.05, 3.63) is 59.9 Å². The van der Waals surface area contributed by atoms with Crippen molar-refractivity contribution < 1.29 is 28.2 Å². The molecule has 0 radical (unpaired) electrons. The summed E-state index contributed by atoms with van der Waals surface area (Å²) in [6, 6.07) is 11.6. The van der Waals surface area contributed by atoms with Crippen LogP contribution in [0.15, 0.2) is 48.5 Å². The second kappa shape index (κ2) is 9.12. The zero-order valence-electron chi connectivity index (χ0n) is 16.0. The number of hydrogen-bond donors (Lipinski definition) is 1. The molecule has 148 valence electrons. The van der Waals surface area contributed by atoms with Crippen LogP contribution in [0.2, 0.25) is 0 Å². The van der Waals surface area contributed by atoms with E-state index in [1.54, 1.807) is 32.9 Å². The maximum atomic E-state index is 13.0. The predicted octanol–water partition coefficient (Wildman–Crippen LogP) is 3.62. The summed E-state index contributed by atoms with van der Waals surface area (Å²) in [5.41, 5.74) is 0.376. The molecule has 0 unspecified atom stereocenters. The highest BCUT2D eigenvalue weighted by Gasteiger charge is 2.21. The van der Waals surface area contributed by atoms with E-state index in [1.165, 1.54) is 30.3 Å². The van der Waals surface area contributed by atoms with Gasteiger partial charge in [0.15, 0.2) is 19.0 Å². The molecule has 0 saturated heterocycles. The maximum absolute atomic E-state index is 13.0. The number of Topliss-reactive ketones (excluding diaryl/α,β-unsaturated/α-hetero) is 1. The first-order valence-corrected chi connectivity index (χ1v) is 8.64. The van der Waals surface area contributed by atoms with Crippen LogP contribution in [0.5, 0.6) is 5.75 Å². The van der Waals surface area contributed by atoms with E-state index in [0.717, 1.165) is 6.07 Å². The summed E-state index contributed by atoms with van der Waals surface area (Å²) >= 11 is 0. The van der Waals surface area contributed by atoms with Crippen LogP contribution in [0.4, 0.5) is 10.1 Å². The smallest absolute Gasteiger partial charge is 0.344 e. The Balaban J connectivity index is 1.80. The van der Waals surface area contributed by atoms with Crippen LogP contribution < -0.4 is 10.1 Å². The van der Waals surface area contributed by atoms with Gasteiger partial charge in [0.1, 0.15) is 11.6 Å². The van der Waals surface area contributed by atoms with Gasteiger partial charge in [-0.25, -0.2) is 9.18 Å². The van der Waals surface area contributed by atoms with Gasteiger partial charge in [0.25, 0.3) is 0 Å². The maximum Gasteiger partial charge on any atom is 0.344 e. The summed E-state index contributed by atoms with van der Waals surface area (Å²) < 4.78 is 23.0. The summed E-state index contributed by atoms with van der Waals surface area (Å²) in [7, 11) is 0. The Labute approximate surface area is 162 Å². The molecule has 1 N–H and O–H groups in total. The molecule has 0 saturated carbocycles. The van der Waals surface area contributed by atoms with Gasteiger partial charge in [-0.1, -0.05) is 26.8 Å². The molecule has 0 aliphatic carbocycles. The molecule has 2 aromatic rings. The van der Waals surface area contributed by atoms with Crippen molar-refractivity contribution in [2.75, 3.05) is 18.5 Å². The van der Waals surface area contributed by atoms with Gasteiger partial charge in [0.05, 0.1) is 0 Å². The summed E-state index contributed by atoms with van der Waals surface area (Å²) in [6.45, 7) is 4.51. The number of amides is 1. The Hall–Kier alpha value is -3.22. The molecule has 7 heteroatoms. The number of ether oxygens (including phenoxy) is 2. The van der Waals surface area contributed by atoms with Gasteiger partial charge in [-0.3, -0.25) is 9.59 Å². The van der Waals surface area contributed by atoms with Crippen molar-refractivity contribution in [3.63, 3.8) is 0 Å². The molecule has 0 aliphatic heterocycles. The van der Waals surface area contributed by atoms with Crippen LogP contribution in [-0.2, 0) is 14.3 Å². The van der Waals surface area contributed by atoms with E-state index in [1.807, 2.05) is 0 Å². The lowest BCUT2D eigenvalue weighted by Gasteiger charge is -2.17. The fourth-order valence-corrected chi connectivity index (χ4v) is 2.03. The quantitative estimate of drug-likeness (QED) is 0.580. The number of carbonyl (C=O) groups is 3. The van der Waals surface area contributed by atoms with Gasteiger partial charge in [-0.2, -0.15) is 0 Å². The number of benzene rings is 2. The van der Waals surface area contributed by atoms with Gasteiger partial charge in [0.2, 0.25) is 5.91 Å². The molecule has 2 aromatic carbocycles. The standard InChI is InChI=1S/C21H22FNO5/c1-21(2,3)20(26)23-16-9-7-14(8-10-16)18(24)12-28-19(25)13-27-17-6-4-5-15(22)11-17/h4-11H,12-13H2,1-3H3,(H,23,26). The van der Waals surface area contributed by atoms with Gasteiger partial charge in [-0.15, -0.1) is 0 Å². The van der Waals surface area contributed by atoms with Gasteiger partial charge >= 0.3 is 5.97 Å². The highest BCUT2D eigenvalue weighted by molar-refractivity contribution is 5.99. The lowest BCUT2D eigenvalue weighted by Crippen LogP contribution is -2.27. The first-order chi connectivity index (χ1) is 13.1. The fourth-order valence-electron chi connectivity index (χ4n) is 2.03. The third-order valence-corrected chi connectivity index (χ3v) is 3.66. The number of halogens is 1. The normalized spacial score (nSPS) is 10.9. The van der Waals surface area contributed by atoms with Crippen LogP contribution in [0, 0.1) is 11.2 Å². The number of ketones is 1. The number of hydrogen-bond acceptors (Lipinski definition) is 5. The Morgan fingerprint density at radius 1 is 1.00 bits per heavy atom. The molecule has 0 fully saturated rings. The predicted molar refractivity (Wildman–Crippen MR) is 102 cm³/mol. The van der Waals surface area contributed by atoms with Gasteiger partial charge in [0, 0.05) is 22.7 Å². The van der Waals surface area contributed by atoms with Crippen molar-refractivity contribution in [1.29, 1.82) is 0 Å². The number of rotatable bonds is 7. The molecule has 1 amide bonds. The third-order valence-electron chi connectivity index (χ3n) is 3.66. The van der Waals surface area contributed by atoms with Crippen molar-refractivity contribution in [2.24, 2.45) is 5.41 Å². The molecule has 0 aliphatic rings. The monoisotopic (exact) mass is 387 g/mol. The molecule has 0 spiro atoms. The number of nitrogens with one attached hydrogen (secondary N) is 1. The van der Waals surface area contributed by atoms with Crippen LogP contribution in [0.3, 0.4) is 0 Å². The molecular formula is C21H22FNO5. The van der Waals surface area contributed by atoms with Crippen molar-refractivity contribution in [1.82, 2.24) is 0 Å². The Kier molecular flexibility index (Phi) is 6.87. The van der Waals surface area contributed by atoms with E-state index in [0.29, 0.717) is 11.3 Å². The molecule has 0 aromatic heterocycles. The van der Waals surface area contributed by atoms with Crippen molar-refractivity contribution in [2.45, 2.75) is 20.8 Å². The number of anilines is 1. The van der Waals surface area contributed by atoms with E-state index in [2.05, 4.69) is 5.32 Å². The third kappa shape index (κ3) is 6.50. The van der Waals surface area contributed by atoms with Crippen LogP contribution >= 0.6 is 0 Å². The zero-order chi connectivity index (χ0) is 20.7. The summed E-state index contributed by atoms with van der Waals surface area (Å²) in [6.07, 6.45) is 0. The number of carbonyl (C=O) groups excluding carboxylic acids is 3. The molecule has 0 bridgehead atoms. The molecule has 0 atom stereocenters. The summed E-state index contributed by atoms with van der Waals surface area (Å²) in [5.74, 6) is -1.57. The Morgan fingerprint density at radius 3 is 2.29 bits per heavy atom. The van der Waals surface area contributed by atoms with Gasteiger partial charge in [-0.05, 0) is 36.4 Å². The van der Waals surface area contributed by atoms with E-state index in [4.69, 9.17) is 9.47 Å². The van der Waals surface area contributed by atoms with Crippen molar-refractivity contribution >= 4 is 23.3 Å². The second-order valence-electron chi connectivity index (χ2n) is 7.11. The molecule has 6 nitrogen and oxygen atoms in total. The molecule has 28 heavy (non-hydrogen) atoms. The van der Waals surface area contributed by atoms with E-state index >= 15 is 0 Å². The minimum Gasteiger partial charge on any atom is -0.482 e. The van der Waals surface area contributed by atoms with Crippen LogP contribution in [0.1, 0.15) is 31.1 Å². The van der Waals surface area contributed by atoms with E-state index in [-0.39, 0.29) is 11.7 Å². The minimum absolute atomic E-state index is 0.140.